The fourth-order valence-electron chi connectivity index (χ4n) is 3.08. The van der Waals surface area contributed by atoms with E-state index in [1.165, 1.54) is 0 Å². The molecule has 2 amide bonds. The number of aromatic nitrogens is 1. The molecular weight excluding hydrogens is 302 g/mol. The van der Waals surface area contributed by atoms with E-state index in [4.69, 9.17) is 0 Å². The van der Waals surface area contributed by atoms with Crippen LogP contribution in [0.3, 0.4) is 0 Å². The minimum atomic E-state index is -0.413. The maximum Gasteiger partial charge on any atom is 0.256 e. The van der Waals surface area contributed by atoms with Crippen molar-refractivity contribution in [2.75, 3.05) is 18.0 Å². The van der Waals surface area contributed by atoms with E-state index in [1.54, 1.807) is 22.1 Å². The molecule has 1 atom stereocenters. The molecule has 0 saturated carbocycles. The van der Waals surface area contributed by atoms with Crippen molar-refractivity contribution in [2.45, 2.75) is 26.3 Å². The zero-order valence-electron chi connectivity index (χ0n) is 14.0. The molecule has 1 aromatic heterocycles. The van der Waals surface area contributed by atoms with E-state index in [9.17, 15) is 9.59 Å². The van der Waals surface area contributed by atoms with Gasteiger partial charge in [0.1, 0.15) is 6.04 Å². The Morgan fingerprint density at radius 1 is 1.25 bits per heavy atom. The summed E-state index contributed by atoms with van der Waals surface area (Å²) in [6.45, 7) is 4.90. The van der Waals surface area contributed by atoms with Gasteiger partial charge in [-0.25, -0.2) is 0 Å². The third-order valence-electron chi connectivity index (χ3n) is 4.38. The van der Waals surface area contributed by atoms with Gasteiger partial charge < -0.3 is 9.80 Å². The Bertz CT molecular complexity index is 728. The van der Waals surface area contributed by atoms with Gasteiger partial charge in [-0.3, -0.25) is 14.6 Å². The Balaban J connectivity index is 1.80. The minimum absolute atomic E-state index is 0.0172. The summed E-state index contributed by atoms with van der Waals surface area (Å²) in [6, 6.07) is 12.8. The molecule has 24 heavy (non-hydrogen) atoms. The number of anilines is 1. The molecule has 0 unspecified atom stereocenters. The predicted octanol–water partition coefficient (Wildman–Crippen LogP) is 2.66. The number of carbonyl (C=O) groups excluding carboxylic acids is 2. The number of rotatable bonds is 4. The van der Waals surface area contributed by atoms with Crippen LogP contribution in [0, 0.1) is 6.92 Å². The first-order valence-corrected chi connectivity index (χ1v) is 8.22. The molecule has 1 saturated heterocycles. The molecule has 0 spiro atoms. The molecule has 5 nitrogen and oxygen atoms in total. The van der Waals surface area contributed by atoms with Crippen LogP contribution in [0.1, 0.15) is 29.4 Å². The number of aryl methyl sites for hydroxylation is 1. The van der Waals surface area contributed by atoms with Gasteiger partial charge in [0.15, 0.2) is 0 Å². The number of hydrogen-bond donors (Lipinski definition) is 0. The van der Waals surface area contributed by atoms with Gasteiger partial charge in [0, 0.05) is 30.7 Å². The standard InChI is InChI=1S/C19H21N3O2/c1-3-21(18(23)15-10-9-14(2)20-13-15)17-11-12-22(19(17)24)16-7-5-4-6-8-16/h4-10,13,17H,3,11-12H2,1-2H3/t17-/m0/s1. The molecule has 0 N–H and O–H groups in total. The smallest absolute Gasteiger partial charge is 0.256 e. The topological polar surface area (TPSA) is 53.5 Å². The summed E-state index contributed by atoms with van der Waals surface area (Å²) in [6.07, 6.45) is 2.22. The highest BCUT2D eigenvalue weighted by Gasteiger charge is 2.38. The van der Waals surface area contributed by atoms with Gasteiger partial charge in [-0.2, -0.15) is 0 Å². The summed E-state index contributed by atoms with van der Waals surface area (Å²) in [5, 5.41) is 0. The summed E-state index contributed by atoms with van der Waals surface area (Å²) in [4.78, 5) is 33.2. The van der Waals surface area contributed by atoms with E-state index < -0.39 is 6.04 Å². The van der Waals surface area contributed by atoms with E-state index in [-0.39, 0.29) is 11.8 Å². The van der Waals surface area contributed by atoms with E-state index >= 15 is 0 Å². The largest absolute Gasteiger partial charge is 0.327 e. The van der Waals surface area contributed by atoms with Crippen LogP contribution in [-0.4, -0.2) is 40.8 Å². The SMILES string of the molecule is CCN(C(=O)c1ccc(C)nc1)[C@H]1CCN(c2ccccc2)C1=O. The quantitative estimate of drug-likeness (QED) is 0.869. The minimum Gasteiger partial charge on any atom is -0.327 e. The monoisotopic (exact) mass is 323 g/mol. The number of carbonyl (C=O) groups is 2. The van der Waals surface area contributed by atoms with Gasteiger partial charge in [0.2, 0.25) is 5.91 Å². The Labute approximate surface area is 141 Å². The summed E-state index contributed by atoms with van der Waals surface area (Å²) in [5.41, 5.74) is 2.26. The summed E-state index contributed by atoms with van der Waals surface area (Å²) < 4.78 is 0. The van der Waals surface area contributed by atoms with Crippen LogP contribution in [-0.2, 0) is 4.79 Å². The van der Waals surface area contributed by atoms with E-state index in [0.717, 1.165) is 11.4 Å². The average Bonchev–Trinajstić information content (AvgIpc) is 2.98. The van der Waals surface area contributed by atoms with Crippen LogP contribution < -0.4 is 4.90 Å². The molecule has 0 radical (unpaired) electrons. The van der Waals surface area contributed by atoms with Gasteiger partial charge >= 0.3 is 0 Å². The lowest BCUT2D eigenvalue weighted by atomic mass is 10.1. The van der Waals surface area contributed by atoms with Gasteiger partial charge in [0.25, 0.3) is 5.91 Å². The van der Waals surface area contributed by atoms with Gasteiger partial charge in [-0.05, 0) is 44.5 Å². The Morgan fingerprint density at radius 2 is 2.00 bits per heavy atom. The third kappa shape index (κ3) is 3.02. The Kier molecular flexibility index (Phi) is 4.60. The number of likely N-dealkylation sites (N-methyl/N-ethyl adjacent to an activating group) is 1. The highest BCUT2D eigenvalue weighted by atomic mass is 16.2. The molecule has 1 fully saturated rings. The summed E-state index contributed by atoms with van der Waals surface area (Å²) >= 11 is 0. The zero-order valence-corrected chi connectivity index (χ0v) is 14.0. The average molecular weight is 323 g/mol. The second-order valence-electron chi connectivity index (χ2n) is 5.91. The van der Waals surface area contributed by atoms with Crippen molar-refractivity contribution in [3.63, 3.8) is 0 Å². The van der Waals surface area contributed by atoms with Crippen LogP contribution in [0.15, 0.2) is 48.7 Å². The van der Waals surface area contributed by atoms with Crippen molar-refractivity contribution in [3.8, 4) is 0 Å². The molecule has 1 aromatic carbocycles. The normalized spacial score (nSPS) is 17.2. The summed E-state index contributed by atoms with van der Waals surface area (Å²) in [7, 11) is 0. The second-order valence-corrected chi connectivity index (χ2v) is 5.91. The molecule has 3 rings (SSSR count). The highest BCUT2D eigenvalue weighted by Crippen LogP contribution is 2.25. The maximum absolute atomic E-state index is 12.8. The maximum atomic E-state index is 12.8. The van der Waals surface area contributed by atoms with Crippen LogP contribution in [0.5, 0.6) is 0 Å². The van der Waals surface area contributed by atoms with Crippen molar-refractivity contribution >= 4 is 17.5 Å². The summed E-state index contributed by atoms with van der Waals surface area (Å²) in [5.74, 6) is -0.158. The first-order valence-electron chi connectivity index (χ1n) is 8.22. The van der Waals surface area contributed by atoms with Crippen molar-refractivity contribution in [2.24, 2.45) is 0 Å². The lowest BCUT2D eigenvalue weighted by Crippen LogP contribution is -2.45. The Hall–Kier alpha value is -2.69. The predicted molar refractivity (Wildman–Crippen MR) is 92.9 cm³/mol. The van der Waals surface area contributed by atoms with Crippen LogP contribution >= 0.6 is 0 Å². The van der Waals surface area contributed by atoms with Gasteiger partial charge in [0.05, 0.1) is 5.56 Å². The number of hydrogen-bond acceptors (Lipinski definition) is 3. The molecule has 0 bridgehead atoms. The van der Waals surface area contributed by atoms with E-state index in [0.29, 0.717) is 25.1 Å². The van der Waals surface area contributed by atoms with E-state index in [2.05, 4.69) is 4.98 Å². The fourth-order valence-corrected chi connectivity index (χ4v) is 3.08. The molecule has 0 aliphatic carbocycles. The van der Waals surface area contributed by atoms with Crippen molar-refractivity contribution < 1.29 is 9.59 Å². The molecule has 2 aromatic rings. The third-order valence-corrected chi connectivity index (χ3v) is 4.38. The molecule has 1 aliphatic heterocycles. The van der Waals surface area contributed by atoms with Gasteiger partial charge in [-0.1, -0.05) is 18.2 Å². The highest BCUT2D eigenvalue weighted by molar-refractivity contribution is 6.03. The van der Waals surface area contributed by atoms with Crippen LogP contribution in [0.2, 0.25) is 0 Å². The van der Waals surface area contributed by atoms with E-state index in [1.807, 2.05) is 50.2 Å². The van der Waals surface area contributed by atoms with Crippen LogP contribution in [0.4, 0.5) is 5.69 Å². The second kappa shape index (κ2) is 6.83. The number of nitrogens with zero attached hydrogens (tertiary/aromatic N) is 3. The molecule has 124 valence electrons. The van der Waals surface area contributed by atoms with Crippen LogP contribution in [0.25, 0.3) is 0 Å². The fraction of sp³-hybridized carbons (Fsp3) is 0.316. The first kappa shape index (κ1) is 16.2. The van der Waals surface area contributed by atoms with Crippen molar-refractivity contribution in [1.82, 2.24) is 9.88 Å². The molecule has 2 heterocycles. The number of pyridine rings is 1. The lowest BCUT2D eigenvalue weighted by molar-refractivity contribution is -0.120. The zero-order chi connectivity index (χ0) is 17.1. The van der Waals surface area contributed by atoms with Crippen molar-refractivity contribution in [1.29, 1.82) is 0 Å². The van der Waals surface area contributed by atoms with Crippen molar-refractivity contribution in [3.05, 3.63) is 59.9 Å². The molecule has 1 aliphatic rings. The molecular formula is C19H21N3O2. The molecule has 5 heteroatoms. The first-order chi connectivity index (χ1) is 11.6. The van der Waals surface area contributed by atoms with Gasteiger partial charge in [-0.15, -0.1) is 0 Å². The lowest BCUT2D eigenvalue weighted by Gasteiger charge is -2.27. The number of amides is 2. The Morgan fingerprint density at radius 3 is 2.62 bits per heavy atom. The number of benzene rings is 1. The number of para-hydroxylation sites is 1.